The molecule has 254 valence electrons. The molecule has 0 bridgehead atoms. The maximum atomic E-state index is 15.4. The van der Waals surface area contributed by atoms with E-state index in [-0.39, 0.29) is 72.9 Å². The average molecular weight is 691 g/mol. The van der Waals surface area contributed by atoms with E-state index in [0.29, 0.717) is 22.6 Å². The molecule has 0 aliphatic carbocycles. The van der Waals surface area contributed by atoms with Crippen LogP contribution < -0.4 is 19.3 Å². The summed E-state index contributed by atoms with van der Waals surface area (Å²) >= 11 is 6.00. The first-order valence-corrected chi connectivity index (χ1v) is 19.0. The van der Waals surface area contributed by atoms with Crippen molar-refractivity contribution in [3.63, 3.8) is 0 Å². The molecular formula is C35H42ClF3N2O5Si. The van der Waals surface area contributed by atoms with Crippen LogP contribution in [0.2, 0.25) is 23.2 Å². The van der Waals surface area contributed by atoms with Crippen molar-refractivity contribution in [2.45, 2.75) is 76.4 Å². The van der Waals surface area contributed by atoms with E-state index in [4.69, 9.17) is 25.5 Å². The number of nitrogens with zero attached hydrogens (tertiary/aromatic N) is 2. The highest BCUT2D eigenvalue weighted by molar-refractivity contribution is 6.74. The Morgan fingerprint density at radius 1 is 1.04 bits per heavy atom. The first-order chi connectivity index (χ1) is 22.0. The van der Waals surface area contributed by atoms with Crippen LogP contribution in [0, 0.1) is 17.5 Å². The molecule has 2 atom stereocenters. The second-order valence-corrected chi connectivity index (χ2v) is 19.1. The van der Waals surface area contributed by atoms with Crippen LogP contribution in [-0.4, -0.2) is 57.8 Å². The first-order valence-electron chi connectivity index (χ1n) is 15.7. The Morgan fingerprint density at radius 2 is 1.74 bits per heavy atom. The summed E-state index contributed by atoms with van der Waals surface area (Å²) in [4.78, 5) is 16.1. The summed E-state index contributed by atoms with van der Waals surface area (Å²) in [5.74, 6) is -2.44. The Balaban J connectivity index is 1.44. The molecule has 3 aromatic rings. The number of halogens is 4. The number of rotatable bonds is 9. The lowest BCUT2D eigenvalue weighted by atomic mass is 9.89. The molecule has 0 spiro atoms. The van der Waals surface area contributed by atoms with Crippen LogP contribution in [0.4, 0.5) is 24.5 Å². The summed E-state index contributed by atoms with van der Waals surface area (Å²) in [5.41, 5.74) is -0.302. The van der Waals surface area contributed by atoms with E-state index < -0.39 is 37.5 Å². The third kappa shape index (κ3) is 7.28. The molecule has 1 amide bonds. The lowest BCUT2D eigenvalue weighted by molar-refractivity contribution is -0.119. The number of carbonyl (C=O) groups excluding carboxylic acids is 1. The van der Waals surface area contributed by atoms with E-state index in [1.54, 1.807) is 43.5 Å². The third-order valence-electron chi connectivity index (χ3n) is 9.69. The molecule has 0 radical (unpaired) electrons. The number of ether oxygens (including phenoxy) is 2. The minimum Gasteiger partial charge on any atom is -0.497 e. The second kappa shape index (κ2) is 13.3. The number of hydrogen-bond acceptors (Lipinski definition) is 6. The molecule has 12 heteroatoms. The van der Waals surface area contributed by atoms with Crippen molar-refractivity contribution in [1.29, 1.82) is 0 Å². The van der Waals surface area contributed by atoms with Crippen LogP contribution in [-0.2, 0) is 22.2 Å². The minimum absolute atomic E-state index is 0.0269. The van der Waals surface area contributed by atoms with Crippen LogP contribution in [0.5, 0.6) is 11.5 Å². The Hall–Kier alpha value is -3.25. The van der Waals surface area contributed by atoms with Gasteiger partial charge in [0.2, 0.25) is 5.91 Å². The molecule has 1 saturated heterocycles. The summed E-state index contributed by atoms with van der Waals surface area (Å²) in [7, 11) is -0.919. The smallest absolute Gasteiger partial charge is 0.227 e. The Kier molecular flexibility index (Phi) is 9.95. The average Bonchev–Trinajstić information content (AvgIpc) is 3.00. The lowest BCUT2D eigenvalue weighted by Crippen LogP contribution is -2.63. The zero-order valence-corrected chi connectivity index (χ0v) is 29.4. The highest BCUT2D eigenvalue weighted by Gasteiger charge is 2.49. The summed E-state index contributed by atoms with van der Waals surface area (Å²) in [6, 6.07) is 12.4. The Labute approximate surface area is 280 Å². The first kappa shape index (κ1) is 35.1. The van der Waals surface area contributed by atoms with Crippen molar-refractivity contribution in [1.82, 2.24) is 0 Å². The van der Waals surface area contributed by atoms with Gasteiger partial charge in [0, 0.05) is 36.2 Å². The van der Waals surface area contributed by atoms with Crippen molar-refractivity contribution < 1.29 is 37.0 Å². The summed E-state index contributed by atoms with van der Waals surface area (Å²) in [5, 5.41) is 12.2. The molecule has 2 heterocycles. The maximum absolute atomic E-state index is 15.4. The number of anilines is 2. The van der Waals surface area contributed by atoms with Gasteiger partial charge in [-0.05, 0) is 66.9 Å². The minimum atomic E-state index is -2.46. The number of benzene rings is 3. The highest BCUT2D eigenvalue weighted by atomic mass is 35.5. The second-order valence-electron chi connectivity index (χ2n) is 13.9. The molecule has 0 saturated carbocycles. The maximum Gasteiger partial charge on any atom is 0.227 e. The van der Waals surface area contributed by atoms with Gasteiger partial charge in [0.1, 0.15) is 29.5 Å². The van der Waals surface area contributed by atoms with Crippen molar-refractivity contribution in [2.24, 2.45) is 0 Å². The van der Waals surface area contributed by atoms with E-state index in [2.05, 4.69) is 33.9 Å². The van der Waals surface area contributed by atoms with E-state index in [0.717, 1.165) is 6.07 Å². The fourth-order valence-electron chi connectivity index (χ4n) is 5.81. The molecule has 2 unspecified atom stereocenters. The Bertz CT molecular complexity index is 1630. The van der Waals surface area contributed by atoms with Crippen LogP contribution in [0.15, 0.2) is 48.5 Å². The van der Waals surface area contributed by atoms with Gasteiger partial charge in [-0.25, -0.2) is 13.2 Å². The molecule has 47 heavy (non-hydrogen) atoms. The number of piperidine rings is 1. The van der Waals surface area contributed by atoms with Gasteiger partial charge in [0.15, 0.2) is 20.0 Å². The quantitative estimate of drug-likeness (QED) is 0.233. The molecule has 0 aromatic heterocycles. The van der Waals surface area contributed by atoms with Gasteiger partial charge in [-0.1, -0.05) is 44.5 Å². The van der Waals surface area contributed by atoms with Gasteiger partial charge in [-0.2, -0.15) is 0 Å². The number of methoxy groups -OCH3 is 1. The van der Waals surface area contributed by atoms with Crippen molar-refractivity contribution >= 4 is 37.2 Å². The predicted octanol–water partition coefficient (Wildman–Crippen LogP) is 7.66. The van der Waals surface area contributed by atoms with Gasteiger partial charge in [-0.15, -0.1) is 0 Å². The van der Waals surface area contributed by atoms with Gasteiger partial charge < -0.3 is 28.8 Å². The summed E-state index contributed by atoms with van der Waals surface area (Å²) in [6.45, 7) is 10.6. The van der Waals surface area contributed by atoms with E-state index in [1.807, 2.05) is 4.90 Å². The standard InChI is InChI=1S/C35H42ClF3N2O5Si/c1-34(2,3)47(5,6)46-30-20-40(28-13-9-23(36)17-26(28)37)16-15-35(30,43)21-45-29-18-27(38)32(39)33-25(29)12-14-31(42)41(33)19-22-7-10-24(44-4)11-8-22/h7-11,13,17-18,30,43H,12,14-16,19-21H2,1-6H3. The lowest BCUT2D eigenvalue weighted by Gasteiger charge is -2.49. The third-order valence-corrected chi connectivity index (χ3v) is 14.4. The van der Waals surface area contributed by atoms with Crippen molar-refractivity contribution in [3.05, 3.63) is 82.1 Å². The van der Waals surface area contributed by atoms with Crippen LogP contribution in [0.25, 0.3) is 0 Å². The van der Waals surface area contributed by atoms with Gasteiger partial charge >= 0.3 is 0 Å². The summed E-state index contributed by atoms with van der Waals surface area (Å²) < 4.78 is 63.7. The molecular weight excluding hydrogens is 649 g/mol. The topological polar surface area (TPSA) is 71.5 Å². The zero-order valence-electron chi connectivity index (χ0n) is 27.6. The van der Waals surface area contributed by atoms with Crippen molar-refractivity contribution in [2.75, 3.05) is 36.6 Å². The number of hydrogen-bond donors (Lipinski definition) is 1. The highest BCUT2D eigenvalue weighted by Crippen LogP contribution is 2.43. The molecule has 5 rings (SSSR count). The normalized spacial score (nSPS) is 20.3. The van der Waals surface area contributed by atoms with E-state index in [9.17, 15) is 14.3 Å². The molecule has 1 N–H and O–H groups in total. The monoisotopic (exact) mass is 690 g/mol. The van der Waals surface area contributed by atoms with E-state index >= 15 is 8.78 Å². The van der Waals surface area contributed by atoms with Crippen LogP contribution in [0.1, 0.15) is 44.7 Å². The molecule has 1 fully saturated rings. The predicted molar refractivity (Wildman–Crippen MR) is 180 cm³/mol. The number of aliphatic hydroxyl groups is 1. The molecule has 3 aromatic carbocycles. The van der Waals surface area contributed by atoms with Crippen LogP contribution >= 0.6 is 11.6 Å². The molecule has 2 aliphatic heterocycles. The van der Waals surface area contributed by atoms with Crippen molar-refractivity contribution in [3.8, 4) is 11.5 Å². The fraction of sp³-hybridized carbons (Fsp3) is 0.457. The largest absolute Gasteiger partial charge is 0.497 e. The number of fused-ring (bicyclic) bond motifs is 1. The Morgan fingerprint density at radius 3 is 2.38 bits per heavy atom. The van der Waals surface area contributed by atoms with Gasteiger partial charge in [-0.3, -0.25) is 4.79 Å². The van der Waals surface area contributed by atoms with E-state index in [1.165, 1.54) is 11.0 Å². The number of amides is 1. The fourth-order valence-corrected chi connectivity index (χ4v) is 7.32. The van der Waals surface area contributed by atoms with Gasteiger partial charge in [0.05, 0.1) is 31.1 Å². The molecule has 2 aliphatic rings. The molecule has 7 nitrogen and oxygen atoms in total. The van der Waals surface area contributed by atoms with Crippen LogP contribution in [0.3, 0.4) is 0 Å². The zero-order chi connectivity index (χ0) is 34.3. The number of carbonyl (C=O) groups is 1. The summed E-state index contributed by atoms with van der Waals surface area (Å²) in [6.07, 6.45) is -0.414. The SMILES string of the molecule is COc1ccc(CN2C(=O)CCc3c(OCC4(O)CCN(c5ccc(Cl)cc5F)CC4O[Si](C)(C)C(C)(C)C)cc(F)c(F)c32)cc1. The van der Waals surface area contributed by atoms with Gasteiger partial charge in [0.25, 0.3) is 0 Å².